The van der Waals surface area contributed by atoms with Crippen LogP contribution in [0.25, 0.3) is 0 Å². The summed E-state index contributed by atoms with van der Waals surface area (Å²) in [6, 6.07) is 1.76. The average Bonchev–Trinajstić information content (AvgIpc) is 2.13. The molecule has 0 radical (unpaired) electrons. The highest BCUT2D eigenvalue weighted by atomic mass is 32.2. The van der Waals surface area contributed by atoms with Crippen LogP contribution in [0.15, 0.2) is 21.9 Å². The van der Waals surface area contributed by atoms with Crippen LogP contribution >= 0.6 is 0 Å². The van der Waals surface area contributed by atoms with E-state index in [1.165, 1.54) is 0 Å². The molecule has 0 saturated carbocycles. The number of hydrogen-bond acceptors (Lipinski definition) is 7. The van der Waals surface area contributed by atoms with Crippen LogP contribution in [0, 0.1) is 0 Å². The number of nitrogens with two attached hydrogens (primary N) is 4. The van der Waals surface area contributed by atoms with Gasteiger partial charge in [-0.05, 0) is 12.1 Å². The number of rotatable bonds is 3. The predicted molar refractivity (Wildman–Crippen MR) is 61.4 cm³/mol. The molecule has 0 unspecified atom stereocenters. The summed E-state index contributed by atoms with van der Waals surface area (Å²) >= 11 is 0. The molecule has 96 valence electrons. The second kappa shape index (κ2) is 4.12. The van der Waals surface area contributed by atoms with Crippen molar-refractivity contribution in [2.24, 2.45) is 16.1 Å². The van der Waals surface area contributed by atoms with Crippen LogP contribution in [-0.2, 0) is 20.0 Å². The van der Waals surface area contributed by atoms with Gasteiger partial charge in [0.1, 0.15) is 9.79 Å². The van der Waals surface area contributed by atoms with Gasteiger partial charge in [0.05, 0.1) is 11.4 Å². The zero-order valence-electron chi connectivity index (χ0n) is 8.41. The SMILES string of the molecule is NNc1cc(N)c(S(N)(=O)=O)cc1S(N)(=O)=O. The van der Waals surface area contributed by atoms with Crippen LogP contribution in [0.3, 0.4) is 0 Å². The zero-order chi connectivity index (χ0) is 13.4. The molecule has 0 saturated heterocycles. The molecule has 0 aliphatic heterocycles. The minimum Gasteiger partial charge on any atom is -0.398 e. The Balaban J connectivity index is 3.73. The minimum absolute atomic E-state index is 0.127. The van der Waals surface area contributed by atoms with Crippen molar-refractivity contribution in [1.29, 1.82) is 0 Å². The molecule has 1 aromatic carbocycles. The third kappa shape index (κ3) is 2.83. The van der Waals surface area contributed by atoms with E-state index in [0.717, 1.165) is 12.1 Å². The fraction of sp³-hybridized carbons (Fsp3) is 0. The van der Waals surface area contributed by atoms with Crippen molar-refractivity contribution in [3.63, 3.8) is 0 Å². The van der Waals surface area contributed by atoms with Gasteiger partial charge in [-0.2, -0.15) is 0 Å². The largest absolute Gasteiger partial charge is 0.398 e. The predicted octanol–water partition coefficient (Wildman–Crippen LogP) is -2.15. The van der Waals surface area contributed by atoms with E-state index in [9.17, 15) is 16.8 Å². The summed E-state index contributed by atoms with van der Waals surface area (Å²) in [6.07, 6.45) is 0. The van der Waals surface area contributed by atoms with Gasteiger partial charge in [-0.3, -0.25) is 5.84 Å². The van der Waals surface area contributed by atoms with Crippen molar-refractivity contribution >= 4 is 31.4 Å². The quantitative estimate of drug-likeness (QED) is 0.237. The maximum Gasteiger partial charge on any atom is 0.240 e. The number of benzene rings is 1. The Morgan fingerprint density at radius 1 is 0.941 bits per heavy atom. The second-order valence-electron chi connectivity index (χ2n) is 3.12. The Morgan fingerprint density at radius 3 is 1.76 bits per heavy atom. The van der Waals surface area contributed by atoms with E-state index in [4.69, 9.17) is 21.9 Å². The summed E-state index contributed by atoms with van der Waals surface area (Å²) in [6.45, 7) is 0. The van der Waals surface area contributed by atoms with Gasteiger partial charge < -0.3 is 11.2 Å². The molecular weight excluding hydrogens is 270 g/mol. The van der Waals surface area contributed by atoms with Gasteiger partial charge in [0.15, 0.2) is 0 Å². The van der Waals surface area contributed by atoms with Crippen LogP contribution in [0.4, 0.5) is 11.4 Å². The number of nitrogens with one attached hydrogen (secondary N) is 1. The summed E-state index contributed by atoms with van der Waals surface area (Å²) in [7, 11) is -8.32. The number of hydrogen-bond donors (Lipinski definition) is 5. The Bertz CT molecular complexity index is 651. The summed E-state index contributed by atoms with van der Waals surface area (Å²) in [5.74, 6) is 5.07. The first kappa shape index (κ1) is 13.7. The third-order valence-electron chi connectivity index (χ3n) is 1.88. The van der Waals surface area contributed by atoms with Gasteiger partial charge in [0.2, 0.25) is 20.0 Å². The van der Waals surface area contributed by atoms with Gasteiger partial charge in [0.25, 0.3) is 0 Å². The third-order valence-corrected chi connectivity index (χ3v) is 3.80. The van der Waals surface area contributed by atoms with Crippen molar-refractivity contribution in [2.45, 2.75) is 9.79 Å². The standard InChI is InChI=1S/C6H11N5O4S2/c7-3-1-4(11-8)6(17(10,14)15)2-5(3)16(9,12)13/h1-2,11H,7-8H2,(H2,9,12,13)(H2,10,14,15). The van der Waals surface area contributed by atoms with Gasteiger partial charge in [-0.15, -0.1) is 0 Å². The van der Waals surface area contributed by atoms with Crippen molar-refractivity contribution in [3.05, 3.63) is 12.1 Å². The van der Waals surface area contributed by atoms with Crippen molar-refractivity contribution in [1.82, 2.24) is 0 Å². The summed E-state index contributed by atoms with van der Waals surface area (Å²) in [5, 5.41) is 9.76. The molecule has 0 fully saturated rings. The first-order chi connectivity index (χ1) is 7.57. The van der Waals surface area contributed by atoms with E-state index in [-0.39, 0.29) is 11.4 Å². The van der Waals surface area contributed by atoms with E-state index >= 15 is 0 Å². The normalized spacial score (nSPS) is 12.4. The molecule has 0 bridgehead atoms. The maximum absolute atomic E-state index is 11.2. The Kier molecular flexibility index (Phi) is 3.31. The summed E-state index contributed by atoms with van der Waals surface area (Å²) in [5.41, 5.74) is 7.08. The molecule has 0 heterocycles. The summed E-state index contributed by atoms with van der Waals surface area (Å²) < 4.78 is 44.7. The topological polar surface area (TPSA) is 184 Å². The van der Waals surface area contributed by atoms with Gasteiger partial charge in [-0.25, -0.2) is 27.1 Å². The van der Waals surface area contributed by atoms with Gasteiger partial charge in [-0.1, -0.05) is 0 Å². The Hall–Kier alpha value is -1.40. The smallest absolute Gasteiger partial charge is 0.240 e. The van der Waals surface area contributed by atoms with Crippen LogP contribution in [0.1, 0.15) is 0 Å². The Morgan fingerprint density at radius 2 is 1.41 bits per heavy atom. The first-order valence-electron chi connectivity index (χ1n) is 4.03. The minimum atomic E-state index is -4.16. The van der Waals surface area contributed by atoms with Crippen LogP contribution in [-0.4, -0.2) is 16.8 Å². The van der Waals surface area contributed by atoms with Crippen molar-refractivity contribution in [2.75, 3.05) is 11.2 Å². The fourth-order valence-electron chi connectivity index (χ4n) is 1.17. The summed E-state index contributed by atoms with van der Waals surface area (Å²) in [4.78, 5) is -1.06. The van der Waals surface area contributed by atoms with E-state index in [0.29, 0.717) is 0 Å². The lowest BCUT2D eigenvalue weighted by Crippen LogP contribution is -2.21. The van der Waals surface area contributed by atoms with Gasteiger partial charge in [0, 0.05) is 0 Å². The molecular formula is C6H11N5O4S2. The van der Waals surface area contributed by atoms with Crippen LogP contribution < -0.4 is 27.3 Å². The fourth-order valence-corrected chi connectivity index (χ4v) is 2.62. The number of anilines is 2. The molecule has 0 aromatic heterocycles. The number of primary sulfonamides is 2. The molecule has 0 aliphatic carbocycles. The van der Waals surface area contributed by atoms with Gasteiger partial charge >= 0.3 is 0 Å². The average molecular weight is 281 g/mol. The molecule has 1 aromatic rings. The number of sulfonamides is 2. The highest BCUT2D eigenvalue weighted by Gasteiger charge is 2.21. The number of nitrogen functional groups attached to an aromatic ring is 2. The molecule has 0 amide bonds. The highest BCUT2D eigenvalue weighted by molar-refractivity contribution is 7.90. The maximum atomic E-state index is 11.2. The molecule has 17 heavy (non-hydrogen) atoms. The molecule has 1 rings (SSSR count). The lowest BCUT2D eigenvalue weighted by atomic mass is 10.3. The second-order valence-corrected chi connectivity index (χ2v) is 6.18. The van der Waals surface area contributed by atoms with E-state index in [2.05, 4.69) is 0 Å². The highest BCUT2D eigenvalue weighted by Crippen LogP contribution is 2.28. The lowest BCUT2D eigenvalue weighted by molar-refractivity contribution is 0.596. The molecule has 11 heteroatoms. The molecule has 0 aliphatic rings. The molecule has 9 N–H and O–H groups in total. The molecule has 0 spiro atoms. The molecule has 0 atom stereocenters. The van der Waals surface area contributed by atoms with E-state index in [1.54, 1.807) is 0 Å². The van der Waals surface area contributed by atoms with E-state index < -0.39 is 29.8 Å². The van der Waals surface area contributed by atoms with Crippen molar-refractivity contribution < 1.29 is 16.8 Å². The lowest BCUT2D eigenvalue weighted by Gasteiger charge is -2.11. The first-order valence-corrected chi connectivity index (χ1v) is 7.12. The van der Waals surface area contributed by atoms with Crippen molar-refractivity contribution in [3.8, 4) is 0 Å². The van der Waals surface area contributed by atoms with E-state index in [1.807, 2.05) is 5.43 Å². The van der Waals surface area contributed by atoms with Crippen LogP contribution in [0.2, 0.25) is 0 Å². The monoisotopic (exact) mass is 281 g/mol. The molecule has 9 nitrogen and oxygen atoms in total. The van der Waals surface area contributed by atoms with Crippen LogP contribution in [0.5, 0.6) is 0 Å². The Labute approximate surface area is 97.8 Å². The zero-order valence-corrected chi connectivity index (χ0v) is 10.0. The number of hydrazine groups is 1.